The molecule has 0 heterocycles. The summed E-state index contributed by atoms with van der Waals surface area (Å²) >= 11 is 0. The van der Waals surface area contributed by atoms with Crippen LogP contribution in [0.25, 0.3) is 0 Å². The summed E-state index contributed by atoms with van der Waals surface area (Å²) in [6.45, 7) is 9.59. The third-order valence-electron chi connectivity index (χ3n) is 4.96. The Morgan fingerprint density at radius 1 is 1.33 bits per heavy atom. The van der Waals surface area contributed by atoms with Crippen molar-refractivity contribution in [1.29, 1.82) is 0 Å². The molecule has 2 rings (SSSR count). The summed E-state index contributed by atoms with van der Waals surface area (Å²) in [7, 11) is 0. The summed E-state index contributed by atoms with van der Waals surface area (Å²) in [4.78, 5) is 0. The van der Waals surface area contributed by atoms with Crippen LogP contribution in [-0.2, 0) is 0 Å². The van der Waals surface area contributed by atoms with Gasteiger partial charge in [-0.15, -0.1) is 0 Å². The van der Waals surface area contributed by atoms with Gasteiger partial charge in [-0.05, 0) is 42.9 Å². The molecule has 0 amide bonds. The summed E-state index contributed by atoms with van der Waals surface area (Å²) in [6, 6.07) is 0. The average molecular weight is 164 g/mol. The second-order valence-corrected chi connectivity index (χ2v) is 5.31. The minimum atomic E-state index is 0.534. The zero-order chi connectivity index (χ0) is 8.98. The molecule has 0 saturated heterocycles. The fraction of sp³-hybridized carbons (Fsp3) is 0.833. The summed E-state index contributed by atoms with van der Waals surface area (Å²) in [5, 5.41) is 0. The molecule has 0 heteroatoms. The molecule has 0 radical (unpaired) electrons. The van der Waals surface area contributed by atoms with Crippen LogP contribution in [0.5, 0.6) is 0 Å². The lowest BCUT2D eigenvalue weighted by Gasteiger charge is -2.35. The minimum Gasteiger partial charge on any atom is -0.0879 e. The van der Waals surface area contributed by atoms with Gasteiger partial charge in [0.15, 0.2) is 0 Å². The van der Waals surface area contributed by atoms with E-state index >= 15 is 0 Å². The average Bonchev–Trinajstić information content (AvgIpc) is 2.34. The van der Waals surface area contributed by atoms with E-state index in [1.807, 2.05) is 0 Å². The Bertz CT molecular complexity index is 234. The largest absolute Gasteiger partial charge is 0.0879 e. The van der Waals surface area contributed by atoms with Crippen LogP contribution < -0.4 is 0 Å². The van der Waals surface area contributed by atoms with Gasteiger partial charge >= 0.3 is 0 Å². The van der Waals surface area contributed by atoms with Crippen molar-refractivity contribution in [3.63, 3.8) is 0 Å². The first-order chi connectivity index (χ1) is 5.52. The predicted octanol–water partition coefficient (Wildman–Crippen LogP) is 3.78. The van der Waals surface area contributed by atoms with Crippen LogP contribution >= 0.6 is 0 Å². The molecule has 2 aliphatic rings. The number of fused-ring (bicyclic) bond motifs is 2. The molecule has 2 unspecified atom stereocenters. The van der Waals surface area contributed by atoms with E-state index in [1.165, 1.54) is 19.3 Å². The summed E-state index contributed by atoms with van der Waals surface area (Å²) in [5.74, 6) is 0.966. The van der Waals surface area contributed by atoms with Crippen molar-refractivity contribution in [2.75, 3.05) is 0 Å². The SMILES string of the molecule is C/C=C1\CC2CCC1(C)C2(C)C. The van der Waals surface area contributed by atoms with Crippen molar-refractivity contribution in [1.82, 2.24) is 0 Å². The van der Waals surface area contributed by atoms with Gasteiger partial charge in [-0.25, -0.2) is 0 Å². The predicted molar refractivity (Wildman–Crippen MR) is 53.0 cm³/mol. The second kappa shape index (κ2) is 2.16. The van der Waals surface area contributed by atoms with Gasteiger partial charge in [0.05, 0.1) is 0 Å². The van der Waals surface area contributed by atoms with Gasteiger partial charge in [0.2, 0.25) is 0 Å². The Morgan fingerprint density at radius 3 is 2.25 bits per heavy atom. The molecule has 2 saturated carbocycles. The highest BCUT2D eigenvalue weighted by molar-refractivity contribution is 5.28. The molecule has 0 N–H and O–H groups in total. The van der Waals surface area contributed by atoms with Gasteiger partial charge < -0.3 is 0 Å². The van der Waals surface area contributed by atoms with Crippen LogP contribution in [-0.4, -0.2) is 0 Å². The van der Waals surface area contributed by atoms with E-state index in [-0.39, 0.29) is 0 Å². The molecule has 12 heavy (non-hydrogen) atoms. The van der Waals surface area contributed by atoms with Gasteiger partial charge in [-0.3, -0.25) is 0 Å². The van der Waals surface area contributed by atoms with Crippen molar-refractivity contribution in [2.24, 2.45) is 16.7 Å². The van der Waals surface area contributed by atoms with Crippen LogP contribution in [0.15, 0.2) is 11.6 Å². The molecule has 2 bridgehead atoms. The fourth-order valence-corrected chi connectivity index (χ4v) is 3.46. The van der Waals surface area contributed by atoms with E-state index in [0.717, 1.165) is 5.92 Å². The lowest BCUT2D eigenvalue weighted by molar-refractivity contribution is 0.179. The van der Waals surface area contributed by atoms with Crippen molar-refractivity contribution < 1.29 is 0 Å². The summed E-state index contributed by atoms with van der Waals surface area (Å²) in [6.07, 6.45) is 6.62. The zero-order valence-electron chi connectivity index (χ0n) is 8.78. The number of hydrogen-bond acceptors (Lipinski definition) is 0. The van der Waals surface area contributed by atoms with Gasteiger partial charge in [0.25, 0.3) is 0 Å². The number of rotatable bonds is 0. The van der Waals surface area contributed by atoms with Crippen LogP contribution in [0, 0.1) is 16.7 Å². The van der Waals surface area contributed by atoms with Gasteiger partial charge in [0.1, 0.15) is 0 Å². The Balaban J connectivity index is 2.46. The third-order valence-corrected chi connectivity index (χ3v) is 4.96. The maximum Gasteiger partial charge on any atom is -0.00624 e. The molecular formula is C12H20. The maximum absolute atomic E-state index is 2.47. The first-order valence-corrected chi connectivity index (χ1v) is 5.18. The molecule has 2 aliphatic carbocycles. The number of allylic oxidation sites excluding steroid dienone is 2. The van der Waals surface area contributed by atoms with Crippen molar-refractivity contribution in [3.05, 3.63) is 11.6 Å². The van der Waals surface area contributed by atoms with Crippen molar-refractivity contribution in [3.8, 4) is 0 Å². The molecule has 0 nitrogen and oxygen atoms in total. The van der Waals surface area contributed by atoms with Crippen LogP contribution in [0.4, 0.5) is 0 Å². The zero-order valence-corrected chi connectivity index (χ0v) is 8.78. The Labute approximate surface area is 76.1 Å². The second-order valence-electron chi connectivity index (χ2n) is 5.31. The highest BCUT2D eigenvalue weighted by atomic mass is 14.6. The summed E-state index contributed by atoms with van der Waals surface area (Å²) in [5.41, 5.74) is 2.82. The standard InChI is InChI=1S/C12H20/c1-5-9-8-10-6-7-12(9,4)11(10,2)3/h5,10H,6-8H2,1-4H3/b9-5+. The molecule has 68 valence electrons. The maximum atomic E-state index is 2.47. The highest BCUT2D eigenvalue weighted by Crippen LogP contribution is 2.67. The van der Waals surface area contributed by atoms with Crippen molar-refractivity contribution in [2.45, 2.75) is 47.0 Å². The van der Waals surface area contributed by atoms with Gasteiger partial charge in [-0.1, -0.05) is 32.4 Å². The molecule has 2 fully saturated rings. The first-order valence-electron chi connectivity index (χ1n) is 5.18. The Hall–Kier alpha value is -0.260. The molecule has 0 aromatic rings. The van der Waals surface area contributed by atoms with Crippen LogP contribution in [0.1, 0.15) is 47.0 Å². The molecule has 0 aromatic carbocycles. The quantitative estimate of drug-likeness (QED) is 0.478. The van der Waals surface area contributed by atoms with E-state index in [0.29, 0.717) is 10.8 Å². The van der Waals surface area contributed by atoms with Crippen LogP contribution in [0.3, 0.4) is 0 Å². The van der Waals surface area contributed by atoms with E-state index in [1.54, 1.807) is 5.57 Å². The molecular weight excluding hydrogens is 144 g/mol. The van der Waals surface area contributed by atoms with E-state index in [2.05, 4.69) is 33.8 Å². The van der Waals surface area contributed by atoms with Crippen molar-refractivity contribution >= 4 is 0 Å². The topological polar surface area (TPSA) is 0 Å². The first kappa shape index (κ1) is 8.34. The Kier molecular flexibility index (Phi) is 1.50. The molecule has 2 atom stereocenters. The highest BCUT2D eigenvalue weighted by Gasteiger charge is 2.58. The van der Waals surface area contributed by atoms with E-state index in [9.17, 15) is 0 Å². The van der Waals surface area contributed by atoms with Crippen LogP contribution in [0.2, 0.25) is 0 Å². The third kappa shape index (κ3) is 0.694. The molecule has 0 aliphatic heterocycles. The molecule has 0 spiro atoms. The minimum absolute atomic E-state index is 0.534. The van der Waals surface area contributed by atoms with Gasteiger partial charge in [-0.2, -0.15) is 0 Å². The smallest absolute Gasteiger partial charge is 0.00624 e. The molecule has 0 aromatic heterocycles. The fourth-order valence-electron chi connectivity index (χ4n) is 3.46. The number of hydrogen-bond donors (Lipinski definition) is 0. The monoisotopic (exact) mass is 164 g/mol. The lowest BCUT2D eigenvalue weighted by Crippen LogP contribution is -2.27. The Morgan fingerprint density at radius 2 is 2.00 bits per heavy atom. The van der Waals surface area contributed by atoms with Gasteiger partial charge in [0, 0.05) is 0 Å². The lowest BCUT2D eigenvalue weighted by atomic mass is 9.69. The van der Waals surface area contributed by atoms with E-state index < -0.39 is 0 Å². The summed E-state index contributed by atoms with van der Waals surface area (Å²) < 4.78 is 0. The normalized spacial score (nSPS) is 47.3. The van der Waals surface area contributed by atoms with E-state index in [4.69, 9.17) is 0 Å².